The molecule has 0 aliphatic heterocycles. The molecule has 0 atom stereocenters. The van der Waals surface area contributed by atoms with E-state index in [4.69, 9.17) is 39.5 Å². The molecule has 0 fully saturated rings. The highest BCUT2D eigenvalue weighted by Gasteiger charge is 2.16. The molecule has 1 aromatic heterocycles. The van der Waals surface area contributed by atoms with E-state index in [1.807, 2.05) is 36.6 Å². The number of halogens is 3. The van der Waals surface area contributed by atoms with Crippen LogP contribution in [0.4, 0.5) is 5.69 Å². The SMILES string of the molecule is C=CCn1c(COc2cc(C)ccc2C)nnc1SCC(=O)Nc1cc(Cl)c(Cl)cc1Cl. The monoisotopic (exact) mass is 510 g/mol. The molecule has 0 radical (unpaired) electrons. The third-order valence-electron chi connectivity index (χ3n) is 4.42. The summed E-state index contributed by atoms with van der Waals surface area (Å²) >= 11 is 19.3. The van der Waals surface area contributed by atoms with Gasteiger partial charge in [0.2, 0.25) is 5.91 Å². The molecule has 0 saturated carbocycles. The Hall–Kier alpha value is -2.19. The number of amides is 1. The van der Waals surface area contributed by atoms with E-state index in [0.717, 1.165) is 16.9 Å². The minimum Gasteiger partial charge on any atom is -0.485 e. The number of allylic oxidation sites excluding steroid dienone is 1. The molecule has 0 aliphatic carbocycles. The van der Waals surface area contributed by atoms with Gasteiger partial charge in [0.05, 0.1) is 26.5 Å². The minimum absolute atomic E-state index is 0.101. The molecule has 0 spiro atoms. The summed E-state index contributed by atoms with van der Waals surface area (Å²) in [6, 6.07) is 9.03. The summed E-state index contributed by atoms with van der Waals surface area (Å²) in [6.07, 6.45) is 1.74. The van der Waals surface area contributed by atoms with Crippen LogP contribution in [-0.2, 0) is 17.9 Å². The number of aromatic nitrogens is 3. The van der Waals surface area contributed by atoms with E-state index in [-0.39, 0.29) is 18.3 Å². The third kappa shape index (κ3) is 6.19. The number of rotatable bonds is 9. The number of ether oxygens (including phenoxy) is 1. The number of benzene rings is 2. The molecule has 0 aliphatic rings. The second-order valence-electron chi connectivity index (χ2n) is 6.94. The van der Waals surface area contributed by atoms with Gasteiger partial charge >= 0.3 is 0 Å². The van der Waals surface area contributed by atoms with Gasteiger partial charge in [-0.05, 0) is 43.2 Å². The topological polar surface area (TPSA) is 69.0 Å². The zero-order valence-corrected chi connectivity index (χ0v) is 20.6. The zero-order chi connectivity index (χ0) is 23.3. The van der Waals surface area contributed by atoms with Crippen molar-refractivity contribution in [2.45, 2.75) is 32.2 Å². The number of hydrogen-bond acceptors (Lipinski definition) is 5. The summed E-state index contributed by atoms with van der Waals surface area (Å²) in [5.41, 5.74) is 2.54. The van der Waals surface area contributed by atoms with Crippen molar-refractivity contribution in [2.24, 2.45) is 0 Å². The summed E-state index contributed by atoms with van der Waals surface area (Å²) in [5, 5.41) is 12.7. The maximum absolute atomic E-state index is 12.4. The average molecular weight is 512 g/mol. The average Bonchev–Trinajstić information content (AvgIpc) is 3.13. The van der Waals surface area contributed by atoms with Gasteiger partial charge in [0.15, 0.2) is 11.0 Å². The number of anilines is 1. The molecular formula is C22H21Cl3N4O2S. The van der Waals surface area contributed by atoms with Crippen LogP contribution in [0, 0.1) is 13.8 Å². The van der Waals surface area contributed by atoms with Crippen LogP contribution in [0.25, 0.3) is 0 Å². The fourth-order valence-corrected chi connectivity index (χ4v) is 4.15. The molecule has 10 heteroatoms. The van der Waals surface area contributed by atoms with Gasteiger partial charge in [0.1, 0.15) is 12.4 Å². The van der Waals surface area contributed by atoms with Gasteiger partial charge in [-0.2, -0.15) is 0 Å². The van der Waals surface area contributed by atoms with E-state index < -0.39 is 0 Å². The Labute approximate surface area is 205 Å². The molecule has 3 aromatic rings. The largest absolute Gasteiger partial charge is 0.485 e. The number of aryl methyl sites for hydroxylation is 2. The number of carbonyl (C=O) groups excluding carboxylic acids is 1. The normalized spacial score (nSPS) is 10.8. The first-order valence-electron chi connectivity index (χ1n) is 9.58. The van der Waals surface area contributed by atoms with Gasteiger partial charge in [-0.15, -0.1) is 16.8 Å². The van der Waals surface area contributed by atoms with E-state index in [0.29, 0.717) is 38.3 Å². The van der Waals surface area contributed by atoms with E-state index in [1.165, 1.54) is 23.9 Å². The first-order chi connectivity index (χ1) is 15.3. The van der Waals surface area contributed by atoms with Crippen LogP contribution < -0.4 is 10.1 Å². The van der Waals surface area contributed by atoms with Gasteiger partial charge in [-0.3, -0.25) is 9.36 Å². The zero-order valence-electron chi connectivity index (χ0n) is 17.5. The van der Waals surface area contributed by atoms with E-state index in [2.05, 4.69) is 22.1 Å². The summed E-state index contributed by atoms with van der Waals surface area (Å²) in [7, 11) is 0. The van der Waals surface area contributed by atoms with Crippen molar-refractivity contribution in [3.8, 4) is 5.75 Å². The Morgan fingerprint density at radius 3 is 2.66 bits per heavy atom. The molecule has 2 aromatic carbocycles. The third-order valence-corrected chi connectivity index (χ3v) is 6.42. The van der Waals surface area contributed by atoms with Crippen molar-refractivity contribution in [1.82, 2.24) is 14.8 Å². The Morgan fingerprint density at radius 1 is 1.16 bits per heavy atom. The van der Waals surface area contributed by atoms with Crippen molar-refractivity contribution in [1.29, 1.82) is 0 Å². The van der Waals surface area contributed by atoms with Crippen LogP contribution in [0.2, 0.25) is 15.1 Å². The Bertz CT molecular complexity index is 1150. The first kappa shape index (κ1) is 24.5. The molecule has 0 bridgehead atoms. The van der Waals surface area contributed by atoms with Gasteiger partial charge < -0.3 is 10.1 Å². The standard InChI is InChI=1S/C22H21Cl3N4O2S/c1-4-7-29-20(11-31-19-8-13(2)5-6-14(19)3)27-28-22(29)32-12-21(30)26-18-10-16(24)15(23)9-17(18)25/h4-6,8-10H,1,7,11-12H2,2-3H3,(H,26,30). The molecule has 32 heavy (non-hydrogen) atoms. The lowest BCUT2D eigenvalue weighted by molar-refractivity contribution is -0.113. The number of nitrogens with zero attached hydrogens (tertiary/aromatic N) is 3. The highest BCUT2D eigenvalue weighted by Crippen LogP contribution is 2.32. The van der Waals surface area contributed by atoms with E-state index in [1.54, 1.807) is 6.08 Å². The van der Waals surface area contributed by atoms with Crippen LogP contribution in [0.3, 0.4) is 0 Å². The maximum atomic E-state index is 12.4. The number of carbonyl (C=O) groups is 1. The van der Waals surface area contributed by atoms with E-state index >= 15 is 0 Å². The maximum Gasteiger partial charge on any atom is 0.234 e. The second-order valence-corrected chi connectivity index (χ2v) is 9.10. The Kier molecular flexibility index (Phi) is 8.48. The molecular weight excluding hydrogens is 491 g/mol. The number of thioether (sulfide) groups is 1. The molecule has 0 unspecified atom stereocenters. The second kappa shape index (κ2) is 11.1. The van der Waals surface area contributed by atoms with Crippen molar-refractivity contribution >= 4 is 58.2 Å². The minimum atomic E-state index is -0.267. The summed E-state index contributed by atoms with van der Waals surface area (Å²) < 4.78 is 7.82. The molecule has 1 N–H and O–H groups in total. The van der Waals surface area contributed by atoms with Crippen LogP contribution in [0.5, 0.6) is 5.75 Å². The fraction of sp³-hybridized carbons (Fsp3) is 0.227. The Morgan fingerprint density at radius 2 is 1.91 bits per heavy atom. The lowest BCUT2D eigenvalue weighted by atomic mass is 10.1. The first-order valence-corrected chi connectivity index (χ1v) is 11.7. The molecule has 1 amide bonds. The van der Waals surface area contributed by atoms with Crippen LogP contribution >= 0.6 is 46.6 Å². The van der Waals surface area contributed by atoms with Crippen LogP contribution in [0.15, 0.2) is 48.1 Å². The van der Waals surface area contributed by atoms with Crippen molar-refractivity contribution in [2.75, 3.05) is 11.1 Å². The quantitative estimate of drug-likeness (QED) is 0.206. The summed E-state index contributed by atoms with van der Waals surface area (Å²) in [4.78, 5) is 12.4. The van der Waals surface area contributed by atoms with Gasteiger partial charge in [0.25, 0.3) is 0 Å². The lowest BCUT2D eigenvalue weighted by Crippen LogP contribution is -2.15. The van der Waals surface area contributed by atoms with Crippen molar-refractivity contribution in [3.05, 3.63) is 75.0 Å². The summed E-state index contributed by atoms with van der Waals surface area (Å²) in [6.45, 7) is 8.53. The molecule has 0 saturated heterocycles. The van der Waals surface area contributed by atoms with Crippen LogP contribution in [-0.4, -0.2) is 26.4 Å². The van der Waals surface area contributed by atoms with Gasteiger partial charge in [-0.25, -0.2) is 0 Å². The van der Waals surface area contributed by atoms with Crippen LogP contribution in [0.1, 0.15) is 17.0 Å². The lowest BCUT2D eigenvalue weighted by Gasteiger charge is -2.11. The van der Waals surface area contributed by atoms with Crippen molar-refractivity contribution < 1.29 is 9.53 Å². The number of hydrogen-bond donors (Lipinski definition) is 1. The van der Waals surface area contributed by atoms with Gasteiger partial charge in [0, 0.05) is 6.54 Å². The smallest absolute Gasteiger partial charge is 0.234 e. The summed E-state index contributed by atoms with van der Waals surface area (Å²) in [5.74, 6) is 1.27. The highest BCUT2D eigenvalue weighted by atomic mass is 35.5. The predicted molar refractivity (Wildman–Crippen MR) is 131 cm³/mol. The fourth-order valence-electron chi connectivity index (χ4n) is 2.78. The molecule has 1 heterocycles. The van der Waals surface area contributed by atoms with Crippen molar-refractivity contribution in [3.63, 3.8) is 0 Å². The molecule has 168 valence electrons. The predicted octanol–water partition coefficient (Wildman–Crippen LogP) is 6.35. The highest BCUT2D eigenvalue weighted by molar-refractivity contribution is 7.99. The molecule has 6 nitrogen and oxygen atoms in total. The Balaban J connectivity index is 1.66. The molecule has 3 rings (SSSR count). The van der Waals surface area contributed by atoms with Gasteiger partial charge in [-0.1, -0.05) is 64.8 Å². The number of nitrogens with one attached hydrogen (secondary N) is 1. The van der Waals surface area contributed by atoms with E-state index in [9.17, 15) is 4.79 Å².